The van der Waals surface area contributed by atoms with Crippen LogP contribution >= 0.6 is 11.6 Å². The van der Waals surface area contributed by atoms with Crippen LogP contribution < -0.4 is 5.32 Å². The maximum Gasteiger partial charge on any atom is 0.200 e. The van der Waals surface area contributed by atoms with Crippen molar-refractivity contribution in [3.05, 3.63) is 47.6 Å². The third-order valence-corrected chi connectivity index (χ3v) is 2.47. The molecule has 84 valence electrons. The van der Waals surface area contributed by atoms with Gasteiger partial charge in [-0.25, -0.2) is 4.99 Å². The molecular formula is C12H9ClN4. The second-order valence-electron chi connectivity index (χ2n) is 3.43. The third kappa shape index (κ3) is 2.35. The van der Waals surface area contributed by atoms with Crippen molar-refractivity contribution in [1.82, 2.24) is 10.3 Å². The molecule has 1 aromatic rings. The highest BCUT2D eigenvalue weighted by Gasteiger charge is 2.15. The molecule has 4 nitrogen and oxygen atoms in total. The number of aliphatic imine (C=N–C) groups is 1. The molecule has 1 N–H and O–H groups in total. The molecule has 17 heavy (non-hydrogen) atoms. The van der Waals surface area contributed by atoms with Gasteiger partial charge in [0.25, 0.3) is 0 Å². The highest BCUT2D eigenvalue weighted by atomic mass is 35.5. The standard InChI is InChI=1S/C12H9ClN4/c1-8-7-16-12(13)17-11(8)9(6-14)10-4-2-3-5-15-10/h2-5,7H,1H3,(H,16,17)/b11-9+. The lowest BCUT2D eigenvalue weighted by atomic mass is 10.1. The number of rotatable bonds is 1. The van der Waals surface area contributed by atoms with E-state index in [1.807, 2.05) is 13.0 Å². The van der Waals surface area contributed by atoms with Crippen molar-refractivity contribution in [3.63, 3.8) is 0 Å². The summed E-state index contributed by atoms with van der Waals surface area (Å²) in [7, 11) is 0. The Morgan fingerprint density at radius 2 is 2.29 bits per heavy atom. The fourth-order valence-corrected chi connectivity index (χ4v) is 1.61. The van der Waals surface area contributed by atoms with E-state index in [1.54, 1.807) is 24.5 Å². The lowest BCUT2D eigenvalue weighted by Crippen LogP contribution is -2.22. The van der Waals surface area contributed by atoms with Gasteiger partial charge in [-0.05, 0) is 36.2 Å². The Hall–Kier alpha value is -2.12. The average Bonchev–Trinajstić information content (AvgIpc) is 2.36. The number of nitriles is 1. The zero-order chi connectivity index (χ0) is 12.3. The van der Waals surface area contributed by atoms with Crippen molar-refractivity contribution < 1.29 is 0 Å². The van der Waals surface area contributed by atoms with Gasteiger partial charge in [0, 0.05) is 12.4 Å². The number of hydrogen-bond donors (Lipinski definition) is 1. The molecule has 0 atom stereocenters. The highest BCUT2D eigenvalue weighted by molar-refractivity contribution is 6.65. The highest BCUT2D eigenvalue weighted by Crippen LogP contribution is 2.22. The number of amidine groups is 1. The second kappa shape index (κ2) is 4.81. The van der Waals surface area contributed by atoms with Crippen molar-refractivity contribution in [1.29, 1.82) is 5.26 Å². The zero-order valence-corrected chi connectivity index (χ0v) is 9.86. The van der Waals surface area contributed by atoms with E-state index in [1.165, 1.54) is 0 Å². The molecule has 0 amide bonds. The van der Waals surface area contributed by atoms with E-state index in [9.17, 15) is 5.26 Å². The molecule has 0 aliphatic carbocycles. The van der Waals surface area contributed by atoms with Gasteiger partial charge in [0.2, 0.25) is 0 Å². The molecule has 2 rings (SSSR count). The van der Waals surface area contributed by atoms with Gasteiger partial charge in [-0.3, -0.25) is 4.98 Å². The van der Waals surface area contributed by atoms with Gasteiger partial charge < -0.3 is 5.32 Å². The summed E-state index contributed by atoms with van der Waals surface area (Å²) in [6, 6.07) is 7.55. The number of halogens is 1. The van der Waals surface area contributed by atoms with Crippen molar-refractivity contribution >= 4 is 22.5 Å². The Balaban J connectivity index is 2.54. The minimum Gasteiger partial charge on any atom is -0.329 e. The van der Waals surface area contributed by atoms with E-state index in [2.05, 4.69) is 21.4 Å². The molecule has 0 saturated heterocycles. The van der Waals surface area contributed by atoms with E-state index in [0.717, 1.165) is 5.57 Å². The molecule has 0 saturated carbocycles. The SMILES string of the molecule is CC1=CN=C(Cl)N/C1=C(\C#N)c1ccccn1. The van der Waals surface area contributed by atoms with Gasteiger partial charge in [0.15, 0.2) is 5.29 Å². The predicted octanol–water partition coefficient (Wildman–Crippen LogP) is 2.42. The normalized spacial score (nSPS) is 17.5. The van der Waals surface area contributed by atoms with Crippen LogP contribution in [0.4, 0.5) is 0 Å². The Bertz CT molecular complexity index is 564. The van der Waals surface area contributed by atoms with Crippen LogP contribution in [0.1, 0.15) is 12.6 Å². The largest absolute Gasteiger partial charge is 0.329 e. The van der Waals surface area contributed by atoms with Crippen LogP contribution in [0.5, 0.6) is 0 Å². The topological polar surface area (TPSA) is 61.1 Å². The first kappa shape index (κ1) is 11.4. The molecule has 2 heterocycles. The van der Waals surface area contributed by atoms with Gasteiger partial charge in [0.1, 0.15) is 11.6 Å². The van der Waals surface area contributed by atoms with E-state index in [4.69, 9.17) is 11.6 Å². The summed E-state index contributed by atoms with van der Waals surface area (Å²) in [5.41, 5.74) is 2.55. The maximum absolute atomic E-state index is 9.24. The summed E-state index contributed by atoms with van der Waals surface area (Å²) in [4.78, 5) is 8.07. The molecule has 1 aliphatic rings. The average molecular weight is 245 g/mol. The smallest absolute Gasteiger partial charge is 0.200 e. The van der Waals surface area contributed by atoms with Crippen molar-refractivity contribution in [2.45, 2.75) is 6.92 Å². The molecule has 5 heteroatoms. The quantitative estimate of drug-likeness (QED) is 0.610. The molecular weight excluding hydrogens is 236 g/mol. The Labute approximate surface area is 104 Å². The molecule has 0 aromatic carbocycles. The first-order chi connectivity index (χ1) is 8.22. The van der Waals surface area contributed by atoms with Crippen LogP contribution in [0.25, 0.3) is 5.57 Å². The van der Waals surface area contributed by atoms with Crippen LogP contribution in [-0.4, -0.2) is 10.3 Å². The number of aromatic nitrogens is 1. The van der Waals surface area contributed by atoms with Crippen LogP contribution in [0.2, 0.25) is 0 Å². The van der Waals surface area contributed by atoms with E-state index < -0.39 is 0 Å². The minimum absolute atomic E-state index is 0.245. The zero-order valence-electron chi connectivity index (χ0n) is 9.11. The lowest BCUT2D eigenvalue weighted by Gasteiger charge is -2.15. The maximum atomic E-state index is 9.24. The first-order valence-corrected chi connectivity index (χ1v) is 5.33. The number of nitrogens with one attached hydrogen (secondary N) is 1. The molecule has 0 fully saturated rings. The Morgan fingerprint density at radius 1 is 1.47 bits per heavy atom. The molecule has 0 radical (unpaired) electrons. The van der Waals surface area contributed by atoms with Crippen LogP contribution in [0.15, 0.2) is 46.9 Å². The van der Waals surface area contributed by atoms with Crippen molar-refractivity contribution in [3.8, 4) is 6.07 Å². The summed E-state index contributed by atoms with van der Waals surface area (Å²) in [6.45, 7) is 1.86. The van der Waals surface area contributed by atoms with Crippen molar-refractivity contribution in [2.24, 2.45) is 4.99 Å². The number of hydrogen-bond acceptors (Lipinski definition) is 4. The van der Waals surface area contributed by atoms with Crippen LogP contribution in [0.3, 0.4) is 0 Å². The molecule has 0 unspecified atom stereocenters. The van der Waals surface area contributed by atoms with Gasteiger partial charge in [-0.2, -0.15) is 5.26 Å². The monoisotopic (exact) mass is 244 g/mol. The van der Waals surface area contributed by atoms with E-state index >= 15 is 0 Å². The molecule has 1 aromatic heterocycles. The summed E-state index contributed by atoms with van der Waals surface area (Å²) in [5.74, 6) is 0. The molecule has 0 bridgehead atoms. The number of nitrogens with zero attached hydrogens (tertiary/aromatic N) is 3. The molecule has 1 aliphatic heterocycles. The number of allylic oxidation sites excluding steroid dienone is 2. The summed E-state index contributed by atoms with van der Waals surface area (Å²) in [5, 5.41) is 12.4. The Morgan fingerprint density at radius 3 is 2.94 bits per heavy atom. The van der Waals surface area contributed by atoms with E-state index in [-0.39, 0.29) is 5.29 Å². The second-order valence-corrected chi connectivity index (χ2v) is 3.79. The third-order valence-electron chi connectivity index (χ3n) is 2.28. The van der Waals surface area contributed by atoms with Crippen molar-refractivity contribution in [2.75, 3.05) is 0 Å². The van der Waals surface area contributed by atoms with Gasteiger partial charge in [-0.15, -0.1) is 0 Å². The fraction of sp³-hybridized carbons (Fsp3) is 0.0833. The fourth-order valence-electron chi connectivity index (χ4n) is 1.46. The van der Waals surface area contributed by atoms with Gasteiger partial charge in [-0.1, -0.05) is 6.07 Å². The predicted molar refractivity (Wildman–Crippen MR) is 67.0 cm³/mol. The number of pyridine rings is 1. The van der Waals surface area contributed by atoms with Gasteiger partial charge in [0.05, 0.1) is 11.4 Å². The summed E-state index contributed by atoms with van der Waals surface area (Å²) >= 11 is 5.80. The van der Waals surface area contributed by atoms with Gasteiger partial charge >= 0.3 is 0 Å². The molecule has 0 spiro atoms. The summed E-state index contributed by atoms with van der Waals surface area (Å²) in [6.07, 6.45) is 3.26. The minimum atomic E-state index is 0.245. The van der Waals surface area contributed by atoms with Crippen LogP contribution in [-0.2, 0) is 0 Å². The first-order valence-electron chi connectivity index (χ1n) is 4.95. The van der Waals surface area contributed by atoms with Crippen LogP contribution in [0, 0.1) is 11.3 Å². The lowest BCUT2D eigenvalue weighted by molar-refractivity contribution is 1.09. The Kier molecular flexibility index (Phi) is 3.22. The summed E-state index contributed by atoms with van der Waals surface area (Å²) < 4.78 is 0. The van der Waals surface area contributed by atoms with E-state index in [0.29, 0.717) is 17.0 Å².